The average molecular weight is 483 g/mol. The summed E-state index contributed by atoms with van der Waals surface area (Å²) < 4.78 is 10.9. The number of aryl methyl sites for hydroxylation is 1. The van der Waals surface area contributed by atoms with Crippen LogP contribution in [-0.4, -0.2) is 25.9 Å². The Morgan fingerprint density at radius 3 is 2.31 bits per heavy atom. The molecule has 1 aliphatic carbocycles. The topological polar surface area (TPSA) is 67.9 Å². The minimum atomic E-state index is -0.506. The molecule has 6 nitrogen and oxygen atoms in total. The maximum Gasteiger partial charge on any atom is 0.224 e. The van der Waals surface area contributed by atoms with Crippen LogP contribution in [0.4, 0.5) is 11.4 Å². The second-order valence-electron chi connectivity index (χ2n) is 9.38. The third-order valence-electron chi connectivity index (χ3n) is 7.10. The number of ketones is 1. The van der Waals surface area contributed by atoms with Gasteiger partial charge < -0.3 is 14.8 Å². The fraction of sp³-hybridized carbons (Fsp3) is 0.267. The van der Waals surface area contributed by atoms with Gasteiger partial charge in [0.05, 0.1) is 31.6 Å². The van der Waals surface area contributed by atoms with Crippen LogP contribution in [0.2, 0.25) is 0 Å². The first-order valence-electron chi connectivity index (χ1n) is 12.1. The summed E-state index contributed by atoms with van der Waals surface area (Å²) in [7, 11) is 3.22. The summed E-state index contributed by atoms with van der Waals surface area (Å²) in [4.78, 5) is 28.8. The number of ether oxygens (including phenoxy) is 2. The predicted molar refractivity (Wildman–Crippen MR) is 141 cm³/mol. The molecule has 36 heavy (non-hydrogen) atoms. The summed E-state index contributed by atoms with van der Waals surface area (Å²) >= 11 is 0. The van der Waals surface area contributed by atoms with Gasteiger partial charge in [-0.15, -0.1) is 0 Å². The lowest BCUT2D eigenvalue weighted by molar-refractivity contribution is -0.117. The average Bonchev–Trinajstić information content (AvgIpc) is 3.03. The first-order chi connectivity index (χ1) is 17.4. The monoisotopic (exact) mass is 482 g/mol. The van der Waals surface area contributed by atoms with E-state index in [1.807, 2.05) is 73.7 Å². The molecule has 0 saturated heterocycles. The number of fused-ring (bicyclic) bond motifs is 1. The van der Waals surface area contributed by atoms with Gasteiger partial charge in [-0.25, -0.2) is 0 Å². The normalized spacial score (nSPS) is 19.1. The van der Waals surface area contributed by atoms with Crippen LogP contribution >= 0.6 is 0 Å². The van der Waals surface area contributed by atoms with Crippen molar-refractivity contribution in [1.82, 2.24) is 0 Å². The molecular weight excluding hydrogens is 452 g/mol. The van der Waals surface area contributed by atoms with Crippen molar-refractivity contribution in [3.63, 3.8) is 0 Å². The van der Waals surface area contributed by atoms with Crippen LogP contribution in [0.15, 0.2) is 78.0 Å². The van der Waals surface area contributed by atoms with E-state index in [-0.39, 0.29) is 17.6 Å². The number of methoxy groups -OCH3 is 2. The van der Waals surface area contributed by atoms with Crippen LogP contribution in [0.25, 0.3) is 0 Å². The zero-order chi connectivity index (χ0) is 25.4. The number of nitrogens with zero attached hydrogens (tertiary/aromatic N) is 1. The lowest BCUT2D eigenvalue weighted by atomic mass is 9.78. The smallest absolute Gasteiger partial charge is 0.224 e. The molecule has 1 amide bonds. The number of amides is 1. The van der Waals surface area contributed by atoms with E-state index in [2.05, 4.69) is 5.32 Å². The molecule has 6 heteroatoms. The quantitative estimate of drug-likeness (QED) is 0.499. The van der Waals surface area contributed by atoms with E-state index < -0.39 is 6.04 Å². The van der Waals surface area contributed by atoms with Crippen LogP contribution in [0.5, 0.6) is 11.5 Å². The van der Waals surface area contributed by atoms with E-state index in [9.17, 15) is 9.59 Å². The molecule has 0 fully saturated rings. The zero-order valence-electron chi connectivity index (χ0n) is 21.0. The number of allylic oxidation sites excluding steroid dienone is 1. The summed E-state index contributed by atoms with van der Waals surface area (Å²) in [6.07, 6.45) is 0.986. The number of rotatable bonds is 4. The number of carbonyl (C=O) groups excluding carboxylic acids is 2. The van der Waals surface area contributed by atoms with Crippen molar-refractivity contribution in [3.05, 3.63) is 94.7 Å². The summed E-state index contributed by atoms with van der Waals surface area (Å²) in [6, 6.07) is 21.1. The molecule has 0 saturated carbocycles. The van der Waals surface area contributed by atoms with Gasteiger partial charge in [-0.05, 0) is 54.7 Å². The van der Waals surface area contributed by atoms with Crippen LogP contribution in [-0.2, 0) is 9.59 Å². The SMILES string of the molecule is COc1ccc([C@H]2CC(=O)C3=C(C2)Nc2ccccc2N(C(C)=O)[C@H]3c2ccc(C)cc2)cc1OC. The van der Waals surface area contributed by atoms with E-state index in [1.165, 1.54) is 0 Å². The summed E-state index contributed by atoms with van der Waals surface area (Å²) in [5, 5.41) is 3.55. The fourth-order valence-corrected chi connectivity index (χ4v) is 5.34. The molecule has 0 radical (unpaired) electrons. The van der Waals surface area contributed by atoms with Crippen molar-refractivity contribution >= 4 is 23.1 Å². The number of anilines is 2. The van der Waals surface area contributed by atoms with Gasteiger partial charge in [0.1, 0.15) is 0 Å². The predicted octanol–water partition coefficient (Wildman–Crippen LogP) is 5.93. The van der Waals surface area contributed by atoms with E-state index in [0.29, 0.717) is 29.9 Å². The van der Waals surface area contributed by atoms with Gasteiger partial charge in [-0.3, -0.25) is 14.5 Å². The maximum absolute atomic E-state index is 13.9. The van der Waals surface area contributed by atoms with Crippen LogP contribution in [0.1, 0.15) is 48.4 Å². The lowest BCUT2D eigenvalue weighted by Gasteiger charge is -2.34. The molecule has 184 valence electrons. The van der Waals surface area contributed by atoms with Crippen LogP contribution in [0, 0.1) is 6.92 Å². The van der Waals surface area contributed by atoms with Crippen molar-refractivity contribution in [2.75, 3.05) is 24.4 Å². The molecule has 2 aliphatic rings. The molecule has 1 heterocycles. The fourth-order valence-electron chi connectivity index (χ4n) is 5.34. The summed E-state index contributed by atoms with van der Waals surface area (Å²) in [5.41, 5.74) is 6.14. The van der Waals surface area contributed by atoms with Crippen molar-refractivity contribution in [2.45, 2.75) is 38.6 Å². The van der Waals surface area contributed by atoms with Crippen molar-refractivity contribution < 1.29 is 19.1 Å². The number of para-hydroxylation sites is 2. The largest absolute Gasteiger partial charge is 0.493 e. The summed E-state index contributed by atoms with van der Waals surface area (Å²) in [5.74, 6) is 1.19. The molecule has 0 aromatic heterocycles. The third-order valence-corrected chi connectivity index (χ3v) is 7.10. The molecule has 0 bridgehead atoms. The maximum atomic E-state index is 13.9. The number of Topliss-reactive ketones (excluding diaryl/α,β-unsaturated/α-hetero) is 1. The zero-order valence-corrected chi connectivity index (χ0v) is 21.0. The van der Waals surface area contributed by atoms with E-state index in [1.54, 1.807) is 26.0 Å². The molecule has 1 aliphatic heterocycles. The van der Waals surface area contributed by atoms with Gasteiger partial charge in [-0.1, -0.05) is 48.0 Å². The molecule has 3 aromatic carbocycles. The van der Waals surface area contributed by atoms with Gasteiger partial charge in [-0.2, -0.15) is 0 Å². The van der Waals surface area contributed by atoms with Crippen LogP contribution < -0.4 is 19.7 Å². The Kier molecular flexibility index (Phi) is 6.27. The molecule has 0 spiro atoms. The van der Waals surface area contributed by atoms with Gasteiger partial charge in [0.15, 0.2) is 17.3 Å². The second kappa shape index (κ2) is 9.53. The van der Waals surface area contributed by atoms with Gasteiger partial charge >= 0.3 is 0 Å². The molecule has 2 atom stereocenters. The Morgan fingerprint density at radius 1 is 0.917 bits per heavy atom. The lowest BCUT2D eigenvalue weighted by Crippen LogP contribution is -2.37. The van der Waals surface area contributed by atoms with Gasteiger partial charge in [0.25, 0.3) is 0 Å². The Balaban J connectivity index is 1.66. The standard InChI is InChI=1S/C30H30N2O4/c1-18-9-11-20(12-10-18)30-29-24(31-23-7-5-6-8-25(23)32(30)19(2)33)15-22(16-26(29)34)21-13-14-27(35-3)28(17-21)36-4/h5-14,17,22,30-31H,15-16H2,1-4H3/t22-,30+/m1/s1. The highest BCUT2D eigenvalue weighted by molar-refractivity contribution is 6.06. The Bertz CT molecular complexity index is 1360. The number of benzene rings is 3. The molecule has 1 N–H and O–H groups in total. The molecule has 0 unspecified atom stereocenters. The van der Waals surface area contributed by atoms with E-state index in [4.69, 9.17) is 9.47 Å². The number of hydrogen-bond acceptors (Lipinski definition) is 5. The van der Waals surface area contributed by atoms with Gasteiger partial charge in [0.2, 0.25) is 5.91 Å². The highest BCUT2D eigenvalue weighted by Crippen LogP contribution is 2.48. The highest BCUT2D eigenvalue weighted by atomic mass is 16.5. The highest BCUT2D eigenvalue weighted by Gasteiger charge is 2.40. The number of nitrogens with one attached hydrogen (secondary N) is 1. The number of hydrogen-bond donors (Lipinski definition) is 1. The first kappa shape index (κ1) is 23.7. The minimum absolute atomic E-state index is 0.0294. The summed E-state index contributed by atoms with van der Waals surface area (Å²) in [6.45, 7) is 3.59. The van der Waals surface area contributed by atoms with E-state index in [0.717, 1.165) is 33.8 Å². The number of carbonyl (C=O) groups is 2. The minimum Gasteiger partial charge on any atom is -0.493 e. The molecule has 3 aromatic rings. The van der Waals surface area contributed by atoms with Gasteiger partial charge in [0, 0.05) is 24.6 Å². The first-order valence-corrected chi connectivity index (χ1v) is 12.1. The Morgan fingerprint density at radius 2 is 1.61 bits per heavy atom. The van der Waals surface area contributed by atoms with E-state index >= 15 is 0 Å². The second-order valence-corrected chi connectivity index (χ2v) is 9.38. The van der Waals surface area contributed by atoms with Crippen LogP contribution in [0.3, 0.4) is 0 Å². The van der Waals surface area contributed by atoms with Crippen molar-refractivity contribution in [2.24, 2.45) is 0 Å². The Hall–Kier alpha value is -4.06. The van der Waals surface area contributed by atoms with Crippen molar-refractivity contribution in [3.8, 4) is 11.5 Å². The van der Waals surface area contributed by atoms with Crippen molar-refractivity contribution in [1.29, 1.82) is 0 Å². The molecular formula is C30H30N2O4. The Labute approximate surface area is 211 Å². The third kappa shape index (κ3) is 4.13. The molecule has 5 rings (SSSR count).